The van der Waals surface area contributed by atoms with Gasteiger partial charge in [0, 0.05) is 12.1 Å². The molecule has 26 heavy (non-hydrogen) atoms. The molecule has 0 unspecified atom stereocenters. The number of nitrogens with one attached hydrogen (secondary N) is 1. The summed E-state index contributed by atoms with van der Waals surface area (Å²) in [5.74, 6) is 0.766. The number of carbonyl (C=O) groups excluding carboxylic acids is 1. The van der Waals surface area contributed by atoms with Crippen molar-refractivity contribution in [2.45, 2.75) is 38.6 Å². The first kappa shape index (κ1) is 18.0. The van der Waals surface area contributed by atoms with Gasteiger partial charge in [0.2, 0.25) is 5.91 Å². The summed E-state index contributed by atoms with van der Waals surface area (Å²) in [6.45, 7) is -0.146. The maximum Gasteiger partial charge on any atom is 0.267 e. The van der Waals surface area contributed by atoms with Gasteiger partial charge >= 0.3 is 0 Å². The summed E-state index contributed by atoms with van der Waals surface area (Å²) >= 11 is 0. The first-order valence-corrected chi connectivity index (χ1v) is 8.72. The molecule has 138 valence electrons. The van der Waals surface area contributed by atoms with Crippen molar-refractivity contribution in [1.82, 2.24) is 9.78 Å². The van der Waals surface area contributed by atoms with Crippen LogP contribution in [0.3, 0.4) is 0 Å². The molecule has 0 spiro atoms. The zero-order valence-corrected chi connectivity index (χ0v) is 15.1. The van der Waals surface area contributed by atoms with Crippen molar-refractivity contribution in [2.24, 2.45) is 0 Å². The van der Waals surface area contributed by atoms with Crippen LogP contribution >= 0.6 is 0 Å². The predicted molar refractivity (Wildman–Crippen MR) is 97.9 cm³/mol. The topological polar surface area (TPSA) is 82.4 Å². The minimum absolute atomic E-state index is 0.146. The van der Waals surface area contributed by atoms with E-state index in [0.717, 1.165) is 43.4 Å². The Balaban J connectivity index is 1.78. The molecule has 1 aromatic heterocycles. The van der Waals surface area contributed by atoms with Crippen LogP contribution in [0.1, 0.15) is 30.5 Å². The SMILES string of the molecule is COc1ccc(OC)c(NC(=O)Cn2nc3c(cc2=O)CCCCC3)c1. The fourth-order valence-corrected chi connectivity index (χ4v) is 3.13. The standard InChI is InChI=1S/C19H23N3O4/c1-25-14-8-9-17(26-2)16(11-14)20-18(23)12-22-19(24)10-13-6-4-3-5-7-15(13)21-22/h8-11H,3-7,12H2,1-2H3,(H,20,23). The van der Waals surface area contributed by atoms with Crippen molar-refractivity contribution >= 4 is 11.6 Å². The van der Waals surface area contributed by atoms with Crippen LogP contribution < -0.4 is 20.3 Å². The second kappa shape index (κ2) is 8.03. The number of ether oxygens (including phenoxy) is 2. The monoisotopic (exact) mass is 357 g/mol. The summed E-state index contributed by atoms with van der Waals surface area (Å²) < 4.78 is 11.7. The van der Waals surface area contributed by atoms with Gasteiger partial charge in [0.1, 0.15) is 18.0 Å². The van der Waals surface area contributed by atoms with Crippen molar-refractivity contribution < 1.29 is 14.3 Å². The fourth-order valence-electron chi connectivity index (χ4n) is 3.13. The smallest absolute Gasteiger partial charge is 0.267 e. The van der Waals surface area contributed by atoms with Crippen molar-refractivity contribution in [2.75, 3.05) is 19.5 Å². The molecule has 0 saturated carbocycles. The van der Waals surface area contributed by atoms with Crippen LogP contribution in [0.4, 0.5) is 5.69 Å². The Morgan fingerprint density at radius 3 is 2.73 bits per heavy atom. The molecule has 0 fully saturated rings. The van der Waals surface area contributed by atoms with E-state index >= 15 is 0 Å². The zero-order valence-electron chi connectivity index (χ0n) is 15.1. The Labute approximate surface area is 151 Å². The molecule has 1 heterocycles. The largest absolute Gasteiger partial charge is 0.497 e. The third-order valence-corrected chi connectivity index (χ3v) is 4.50. The van der Waals surface area contributed by atoms with Crippen LogP contribution in [0.5, 0.6) is 11.5 Å². The van der Waals surface area contributed by atoms with Crippen LogP contribution in [0.15, 0.2) is 29.1 Å². The lowest BCUT2D eigenvalue weighted by Gasteiger charge is -2.13. The third-order valence-electron chi connectivity index (χ3n) is 4.50. The number of amides is 1. The summed E-state index contributed by atoms with van der Waals surface area (Å²) in [7, 11) is 3.07. The second-order valence-corrected chi connectivity index (χ2v) is 6.29. The van der Waals surface area contributed by atoms with Gasteiger partial charge in [-0.1, -0.05) is 6.42 Å². The van der Waals surface area contributed by atoms with Gasteiger partial charge in [-0.2, -0.15) is 5.10 Å². The van der Waals surface area contributed by atoms with Crippen molar-refractivity contribution in [3.05, 3.63) is 45.9 Å². The Hall–Kier alpha value is -2.83. The lowest BCUT2D eigenvalue weighted by atomic mass is 10.1. The molecule has 3 rings (SSSR count). The van der Waals surface area contributed by atoms with Crippen molar-refractivity contribution in [3.63, 3.8) is 0 Å². The number of fused-ring (bicyclic) bond motifs is 1. The highest BCUT2D eigenvalue weighted by Gasteiger charge is 2.15. The lowest BCUT2D eigenvalue weighted by Crippen LogP contribution is -2.30. The second-order valence-electron chi connectivity index (χ2n) is 6.29. The van der Waals surface area contributed by atoms with Crippen LogP contribution in [0.2, 0.25) is 0 Å². The van der Waals surface area contributed by atoms with Gasteiger partial charge in [0.15, 0.2) is 0 Å². The number of benzene rings is 1. The Morgan fingerprint density at radius 2 is 1.96 bits per heavy atom. The van der Waals surface area contributed by atoms with Gasteiger partial charge in [-0.15, -0.1) is 0 Å². The molecule has 0 saturated heterocycles. The molecule has 0 radical (unpaired) electrons. The van der Waals surface area contributed by atoms with Crippen molar-refractivity contribution in [1.29, 1.82) is 0 Å². The van der Waals surface area contributed by atoms with E-state index in [-0.39, 0.29) is 18.0 Å². The van der Waals surface area contributed by atoms with Gasteiger partial charge in [0.05, 0.1) is 25.6 Å². The maximum atomic E-state index is 12.4. The number of nitrogens with zero attached hydrogens (tertiary/aromatic N) is 2. The molecular formula is C19H23N3O4. The third kappa shape index (κ3) is 4.04. The lowest BCUT2D eigenvalue weighted by molar-refractivity contribution is -0.117. The molecule has 2 aromatic rings. The quantitative estimate of drug-likeness (QED) is 0.829. The summed E-state index contributed by atoms with van der Waals surface area (Å²) in [5.41, 5.74) is 2.17. The van der Waals surface area contributed by atoms with Crippen molar-refractivity contribution in [3.8, 4) is 11.5 Å². The van der Waals surface area contributed by atoms with E-state index < -0.39 is 0 Å². The van der Waals surface area contributed by atoms with Gasteiger partial charge in [-0.3, -0.25) is 9.59 Å². The van der Waals surface area contributed by atoms with Crippen LogP contribution in [-0.2, 0) is 24.2 Å². The van der Waals surface area contributed by atoms with E-state index in [0.29, 0.717) is 17.2 Å². The molecule has 1 N–H and O–H groups in total. The Bertz CT molecular complexity index is 860. The summed E-state index contributed by atoms with van der Waals surface area (Å²) in [5, 5.41) is 7.18. The highest BCUT2D eigenvalue weighted by Crippen LogP contribution is 2.28. The molecular weight excluding hydrogens is 334 g/mol. The molecule has 1 aliphatic rings. The number of hydrogen-bond donors (Lipinski definition) is 1. The van der Waals surface area contributed by atoms with Gasteiger partial charge in [-0.25, -0.2) is 4.68 Å². The summed E-state index contributed by atoms with van der Waals surface area (Å²) in [4.78, 5) is 24.7. The van der Waals surface area contributed by atoms with E-state index in [4.69, 9.17) is 9.47 Å². The number of carbonyl (C=O) groups is 1. The van der Waals surface area contributed by atoms with Gasteiger partial charge in [-0.05, 0) is 43.4 Å². The minimum atomic E-state index is -0.347. The summed E-state index contributed by atoms with van der Waals surface area (Å²) in [6, 6.07) is 6.74. The van der Waals surface area contributed by atoms with Gasteiger partial charge < -0.3 is 14.8 Å². The average molecular weight is 357 g/mol. The van der Waals surface area contributed by atoms with E-state index in [9.17, 15) is 9.59 Å². The van der Waals surface area contributed by atoms with Gasteiger partial charge in [0.25, 0.3) is 5.56 Å². The van der Waals surface area contributed by atoms with E-state index in [2.05, 4.69) is 10.4 Å². The predicted octanol–water partition coefficient (Wildman–Crippen LogP) is 2.17. The number of hydrogen-bond acceptors (Lipinski definition) is 5. The molecule has 1 aliphatic carbocycles. The molecule has 7 heteroatoms. The van der Waals surface area contributed by atoms with Crippen LogP contribution in [0.25, 0.3) is 0 Å². The molecule has 0 aliphatic heterocycles. The molecule has 0 atom stereocenters. The number of methoxy groups -OCH3 is 2. The highest BCUT2D eigenvalue weighted by atomic mass is 16.5. The summed E-state index contributed by atoms with van der Waals surface area (Å²) in [6.07, 6.45) is 5.01. The molecule has 1 aromatic carbocycles. The van der Waals surface area contributed by atoms with E-state index in [1.54, 1.807) is 31.4 Å². The number of rotatable bonds is 5. The van der Waals surface area contributed by atoms with Crippen LogP contribution in [0, 0.1) is 0 Å². The molecule has 7 nitrogen and oxygen atoms in total. The van der Waals surface area contributed by atoms with Crippen LogP contribution in [-0.4, -0.2) is 29.9 Å². The molecule has 0 bridgehead atoms. The minimum Gasteiger partial charge on any atom is -0.497 e. The van der Waals surface area contributed by atoms with E-state index in [1.165, 1.54) is 11.8 Å². The molecule has 1 amide bonds. The first-order chi connectivity index (χ1) is 12.6. The van der Waals surface area contributed by atoms with E-state index in [1.807, 2.05) is 0 Å². The number of anilines is 1. The number of aromatic nitrogens is 2. The highest BCUT2D eigenvalue weighted by molar-refractivity contribution is 5.92. The Morgan fingerprint density at radius 1 is 1.15 bits per heavy atom. The number of aryl methyl sites for hydroxylation is 2. The fraction of sp³-hybridized carbons (Fsp3) is 0.421. The normalized spacial score (nSPS) is 13.5. The maximum absolute atomic E-state index is 12.4. The average Bonchev–Trinajstić information content (AvgIpc) is 2.86. The first-order valence-electron chi connectivity index (χ1n) is 8.72. The Kier molecular flexibility index (Phi) is 5.55. The zero-order chi connectivity index (χ0) is 18.5.